The number of pyridine rings is 1. The number of fused-ring (bicyclic) bond motifs is 2. The van der Waals surface area contributed by atoms with Crippen LogP contribution in [0.15, 0.2) is 42.5 Å². The molecule has 0 amide bonds. The maximum Gasteiger partial charge on any atom is 0.339 e. The van der Waals surface area contributed by atoms with E-state index in [1.54, 1.807) is 14.2 Å². The topological polar surface area (TPSA) is 83.4 Å². The first-order valence-electron chi connectivity index (χ1n) is 10.6. The smallest absolute Gasteiger partial charge is 0.339 e. The highest BCUT2D eigenvalue weighted by molar-refractivity contribution is 7.10. The standard InChI is InChI=1S/C25H20ClN3O4S/c1-31-20-10-7-14(12-21(20)32-2)11-15-8-9-17-22(16-5-3-4-6-18(16)27-23(15)17)25(30)33-13-19-24(26)34-29-28-19/h3-7,10-12H,8-9,13H2,1-2H3/b15-11+. The Balaban J connectivity index is 1.55. The molecule has 0 spiro atoms. The van der Waals surface area contributed by atoms with E-state index in [1.165, 1.54) is 0 Å². The molecule has 5 rings (SSSR count). The van der Waals surface area contributed by atoms with Crippen molar-refractivity contribution in [2.45, 2.75) is 19.4 Å². The fourth-order valence-electron chi connectivity index (χ4n) is 4.15. The van der Waals surface area contributed by atoms with Crippen LogP contribution in [-0.2, 0) is 17.8 Å². The lowest BCUT2D eigenvalue weighted by molar-refractivity contribution is 0.0469. The summed E-state index contributed by atoms with van der Waals surface area (Å²) in [5, 5.41) is 4.69. The van der Waals surface area contributed by atoms with Crippen molar-refractivity contribution >= 4 is 51.7 Å². The summed E-state index contributed by atoms with van der Waals surface area (Å²) >= 11 is 7.12. The summed E-state index contributed by atoms with van der Waals surface area (Å²) in [6.45, 7) is -0.0338. The Morgan fingerprint density at radius 1 is 1.12 bits per heavy atom. The highest BCUT2D eigenvalue weighted by Gasteiger charge is 2.28. The van der Waals surface area contributed by atoms with Gasteiger partial charge in [-0.15, -0.1) is 5.10 Å². The van der Waals surface area contributed by atoms with Crippen LogP contribution in [0.3, 0.4) is 0 Å². The maximum atomic E-state index is 13.3. The van der Waals surface area contributed by atoms with Crippen LogP contribution >= 0.6 is 23.1 Å². The minimum atomic E-state index is -0.425. The second kappa shape index (κ2) is 9.40. The van der Waals surface area contributed by atoms with E-state index in [2.05, 4.69) is 15.7 Å². The molecule has 1 aliphatic rings. The van der Waals surface area contributed by atoms with Crippen LogP contribution in [0.4, 0.5) is 0 Å². The number of carbonyl (C=O) groups excluding carboxylic acids is 1. The predicted octanol–water partition coefficient (Wildman–Crippen LogP) is 5.60. The largest absolute Gasteiger partial charge is 0.493 e. The molecule has 7 nitrogen and oxygen atoms in total. The molecule has 0 saturated heterocycles. The Morgan fingerprint density at radius 2 is 1.94 bits per heavy atom. The van der Waals surface area contributed by atoms with E-state index in [4.69, 9.17) is 30.8 Å². The first-order chi connectivity index (χ1) is 16.6. The fourth-order valence-corrected chi connectivity index (χ4v) is 4.75. The first kappa shape index (κ1) is 22.3. The van der Waals surface area contributed by atoms with Crippen molar-refractivity contribution < 1.29 is 19.0 Å². The van der Waals surface area contributed by atoms with E-state index in [0.29, 0.717) is 33.5 Å². The second-order valence-electron chi connectivity index (χ2n) is 7.68. The molecule has 0 unspecified atom stereocenters. The molecular weight excluding hydrogens is 474 g/mol. The molecule has 2 aromatic heterocycles. The van der Waals surface area contributed by atoms with E-state index in [0.717, 1.165) is 51.3 Å². The summed E-state index contributed by atoms with van der Waals surface area (Å²) in [7, 11) is 3.22. The molecule has 0 N–H and O–H groups in total. The lowest BCUT2D eigenvalue weighted by Gasteiger charge is -2.12. The summed E-state index contributed by atoms with van der Waals surface area (Å²) in [6.07, 6.45) is 3.52. The van der Waals surface area contributed by atoms with Gasteiger partial charge in [0.25, 0.3) is 0 Å². The number of hydrogen-bond acceptors (Lipinski definition) is 8. The van der Waals surface area contributed by atoms with Gasteiger partial charge >= 0.3 is 5.97 Å². The number of esters is 1. The Morgan fingerprint density at radius 3 is 2.71 bits per heavy atom. The zero-order valence-corrected chi connectivity index (χ0v) is 20.1. The third-order valence-corrected chi connectivity index (χ3v) is 6.73. The van der Waals surface area contributed by atoms with Crippen LogP contribution in [0.1, 0.15) is 39.3 Å². The van der Waals surface area contributed by atoms with Gasteiger partial charge in [0.15, 0.2) is 11.5 Å². The quantitative estimate of drug-likeness (QED) is 0.323. The summed E-state index contributed by atoms with van der Waals surface area (Å²) in [5.41, 5.74) is 5.44. The highest BCUT2D eigenvalue weighted by Crippen LogP contribution is 2.39. The average Bonchev–Trinajstić information content (AvgIpc) is 3.46. The molecule has 9 heteroatoms. The molecule has 0 atom stereocenters. The number of ether oxygens (including phenoxy) is 3. The molecule has 2 heterocycles. The zero-order valence-electron chi connectivity index (χ0n) is 18.5. The van der Waals surface area contributed by atoms with Gasteiger partial charge in [0.05, 0.1) is 31.0 Å². The number of carbonyl (C=O) groups is 1. The summed E-state index contributed by atoms with van der Waals surface area (Å²) in [4.78, 5) is 18.2. The van der Waals surface area contributed by atoms with E-state index in [9.17, 15) is 4.79 Å². The predicted molar refractivity (Wildman–Crippen MR) is 132 cm³/mol. The summed E-state index contributed by atoms with van der Waals surface area (Å²) in [5.74, 6) is 0.897. The van der Waals surface area contributed by atoms with E-state index in [-0.39, 0.29) is 6.61 Å². The van der Waals surface area contributed by atoms with Gasteiger partial charge in [0.1, 0.15) is 16.6 Å². The number of aromatic nitrogens is 3. The number of rotatable bonds is 6. The molecule has 1 aliphatic carbocycles. The van der Waals surface area contributed by atoms with Gasteiger partial charge in [0.2, 0.25) is 0 Å². The van der Waals surface area contributed by atoms with E-state index < -0.39 is 5.97 Å². The number of para-hydroxylation sites is 1. The van der Waals surface area contributed by atoms with Gasteiger partial charge < -0.3 is 14.2 Å². The van der Waals surface area contributed by atoms with Gasteiger partial charge in [-0.25, -0.2) is 9.78 Å². The normalized spacial score (nSPS) is 13.8. The second-order valence-corrected chi connectivity index (χ2v) is 9.04. The van der Waals surface area contributed by atoms with Crippen molar-refractivity contribution in [3.8, 4) is 11.5 Å². The van der Waals surface area contributed by atoms with Crippen LogP contribution < -0.4 is 9.47 Å². The highest BCUT2D eigenvalue weighted by atomic mass is 35.5. The number of halogens is 1. The van der Waals surface area contributed by atoms with Crippen molar-refractivity contribution in [3.05, 3.63) is 74.9 Å². The molecule has 172 valence electrons. The maximum absolute atomic E-state index is 13.3. The lowest BCUT2D eigenvalue weighted by Crippen LogP contribution is -2.11. The average molecular weight is 494 g/mol. The third kappa shape index (κ3) is 4.10. The molecule has 2 aromatic carbocycles. The molecule has 0 radical (unpaired) electrons. The van der Waals surface area contributed by atoms with Crippen molar-refractivity contribution in [1.29, 1.82) is 0 Å². The minimum absolute atomic E-state index is 0.0338. The van der Waals surface area contributed by atoms with Crippen LogP contribution in [-0.4, -0.2) is 34.8 Å². The van der Waals surface area contributed by atoms with Crippen LogP contribution in [0.5, 0.6) is 11.5 Å². The lowest BCUT2D eigenvalue weighted by atomic mass is 10.0. The molecule has 0 aliphatic heterocycles. The number of benzene rings is 2. The van der Waals surface area contributed by atoms with Crippen LogP contribution in [0.25, 0.3) is 22.6 Å². The van der Waals surface area contributed by atoms with Gasteiger partial charge in [-0.05, 0) is 53.8 Å². The third-order valence-electron chi connectivity index (χ3n) is 5.74. The monoisotopic (exact) mass is 493 g/mol. The first-order valence-corrected chi connectivity index (χ1v) is 11.7. The fraction of sp³-hybridized carbons (Fsp3) is 0.200. The minimum Gasteiger partial charge on any atom is -0.493 e. The van der Waals surface area contributed by atoms with E-state index >= 15 is 0 Å². The molecule has 0 fully saturated rings. The number of methoxy groups -OCH3 is 2. The van der Waals surface area contributed by atoms with Gasteiger partial charge in [0, 0.05) is 16.9 Å². The van der Waals surface area contributed by atoms with Gasteiger partial charge in [-0.1, -0.05) is 40.4 Å². The van der Waals surface area contributed by atoms with Gasteiger partial charge in [-0.2, -0.15) is 0 Å². The number of nitrogens with zero attached hydrogens (tertiary/aromatic N) is 3. The Bertz CT molecular complexity index is 1430. The molecule has 4 aromatic rings. The van der Waals surface area contributed by atoms with Crippen molar-refractivity contribution in [3.63, 3.8) is 0 Å². The van der Waals surface area contributed by atoms with Crippen LogP contribution in [0, 0.1) is 0 Å². The number of hydrogen-bond donors (Lipinski definition) is 0. The summed E-state index contributed by atoms with van der Waals surface area (Å²) in [6, 6.07) is 13.4. The van der Waals surface area contributed by atoms with Crippen LogP contribution in [0.2, 0.25) is 4.34 Å². The SMILES string of the molecule is COc1ccc(/C=C2\CCc3c2nc2ccccc2c3C(=O)OCc2nnsc2Cl)cc1OC. The number of allylic oxidation sites excluding steroid dienone is 1. The summed E-state index contributed by atoms with van der Waals surface area (Å²) < 4.78 is 20.6. The zero-order chi connectivity index (χ0) is 23.7. The van der Waals surface area contributed by atoms with E-state index in [1.807, 2.05) is 42.5 Å². The van der Waals surface area contributed by atoms with Gasteiger partial charge in [-0.3, -0.25) is 0 Å². The van der Waals surface area contributed by atoms with Crippen molar-refractivity contribution in [2.24, 2.45) is 0 Å². The molecule has 0 saturated carbocycles. The molecular formula is C25H20ClN3O4S. The van der Waals surface area contributed by atoms with Crippen molar-refractivity contribution in [2.75, 3.05) is 14.2 Å². The Hall–Kier alpha value is -3.49. The van der Waals surface area contributed by atoms with Crippen molar-refractivity contribution in [1.82, 2.24) is 14.6 Å². The Labute approximate surface area is 205 Å². The molecule has 0 bridgehead atoms. The molecule has 34 heavy (non-hydrogen) atoms. The Kier molecular flexibility index (Phi) is 6.17.